The Morgan fingerprint density at radius 3 is 2.70 bits per heavy atom. The van der Waals surface area contributed by atoms with E-state index in [-0.39, 0.29) is 4.90 Å². The van der Waals surface area contributed by atoms with E-state index in [1.165, 1.54) is 18.3 Å². The molecule has 0 bridgehead atoms. The lowest BCUT2D eigenvalue weighted by Gasteiger charge is -2.12. The van der Waals surface area contributed by atoms with Crippen LogP contribution in [0, 0.1) is 11.7 Å². The Kier molecular flexibility index (Phi) is 4.39. The van der Waals surface area contributed by atoms with Crippen LogP contribution in [0.25, 0.3) is 10.9 Å². The minimum Gasteiger partial charge on any atom is -0.346 e. The third kappa shape index (κ3) is 3.15. The van der Waals surface area contributed by atoms with Crippen LogP contribution < -0.4 is 0 Å². The van der Waals surface area contributed by atoms with Crippen LogP contribution in [0.5, 0.6) is 0 Å². The van der Waals surface area contributed by atoms with Crippen LogP contribution in [-0.4, -0.2) is 13.0 Å². The van der Waals surface area contributed by atoms with Gasteiger partial charge in [-0.15, -0.1) is 0 Å². The fraction of sp³-hybridized carbons (Fsp3) is 0.429. The van der Waals surface area contributed by atoms with Crippen LogP contribution in [0.2, 0.25) is 0 Å². The molecule has 1 aromatic carbocycles. The van der Waals surface area contributed by atoms with E-state index in [1.807, 2.05) is 4.57 Å². The maximum atomic E-state index is 13.4. The number of hydrogen-bond acceptors (Lipinski definition) is 2. The van der Waals surface area contributed by atoms with Gasteiger partial charge in [0.25, 0.3) is 9.05 Å². The molecule has 0 aliphatic heterocycles. The summed E-state index contributed by atoms with van der Waals surface area (Å²) in [5.41, 5.74) is 0.688. The number of hydrogen-bond donors (Lipinski definition) is 0. The van der Waals surface area contributed by atoms with Crippen molar-refractivity contribution in [1.29, 1.82) is 0 Å². The molecule has 2 aromatic rings. The van der Waals surface area contributed by atoms with Gasteiger partial charge in [-0.2, -0.15) is 0 Å². The molecule has 0 amide bonds. The standard InChI is InChI=1S/C14H17ClFNO2S/c1-3-4-10(2)8-17-9-14(20(15,18)19)12-7-11(16)5-6-13(12)17/h5-7,9-10H,3-4,8H2,1-2H3. The topological polar surface area (TPSA) is 39.1 Å². The molecule has 20 heavy (non-hydrogen) atoms. The number of rotatable bonds is 5. The normalized spacial score (nSPS) is 13.8. The summed E-state index contributed by atoms with van der Waals surface area (Å²) >= 11 is 0. The molecule has 3 nitrogen and oxygen atoms in total. The molecule has 0 saturated heterocycles. The number of aromatic nitrogens is 1. The molecule has 1 atom stereocenters. The second kappa shape index (κ2) is 5.74. The molecule has 1 heterocycles. The second-order valence-corrected chi connectivity index (χ2v) is 7.67. The molecule has 1 aromatic heterocycles. The summed E-state index contributed by atoms with van der Waals surface area (Å²) in [6, 6.07) is 4.13. The van der Waals surface area contributed by atoms with Crippen LogP contribution in [0.3, 0.4) is 0 Å². The summed E-state index contributed by atoms with van der Waals surface area (Å²) in [4.78, 5) is -0.0302. The van der Waals surface area contributed by atoms with Crippen molar-refractivity contribution < 1.29 is 12.8 Å². The molecular formula is C14H17ClFNO2S. The van der Waals surface area contributed by atoms with Crippen LogP contribution in [0.1, 0.15) is 26.7 Å². The lowest BCUT2D eigenvalue weighted by atomic mass is 10.1. The highest BCUT2D eigenvalue weighted by Gasteiger charge is 2.19. The van der Waals surface area contributed by atoms with E-state index in [1.54, 1.807) is 6.07 Å². The first-order chi connectivity index (χ1) is 9.32. The first-order valence-corrected chi connectivity index (χ1v) is 8.87. The Hall–Kier alpha value is -1.07. The Morgan fingerprint density at radius 1 is 1.40 bits per heavy atom. The van der Waals surface area contributed by atoms with Gasteiger partial charge in [-0.3, -0.25) is 0 Å². The van der Waals surface area contributed by atoms with E-state index in [9.17, 15) is 12.8 Å². The Labute approximate surface area is 122 Å². The second-order valence-electron chi connectivity index (χ2n) is 5.14. The van der Waals surface area contributed by atoms with Gasteiger partial charge in [-0.1, -0.05) is 20.3 Å². The molecule has 0 aliphatic carbocycles. The van der Waals surface area contributed by atoms with E-state index >= 15 is 0 Å². The molecule has 0 spiro atoms. The van der Waals surface area contributed by atoms with Crippen LogP contribution in [-0.2, 0) is 15.6 Å². The van der Waals surface area contributed by atoms with Gasteiger partial charge in [-0.05, 0) is 30.5 Å². The summed E-state index contributed by atoms with van der Waals surface area (Å²) in [6.45, 7) is 4.89. The summed E-state index contributed by atoms with van der Waals surface area (Å²) in [6.07, 6.45) is 3.61. The quantitative estimate of drug-likeness (QED) is 0.777. The average Bonchev–Trinajstić information content (AvgIpc) is 2.67. The van der Waals surface area contributed by atoms with Gasteiger partial charge in [0.05, 0.1) is 0 Å². The van der Waals surface area contributed by atoms with Crippen LogP contribution >= 0.6 is 10.7 Å². The van der Waals surface area contributed by atoms with Gasteiger partial charge in [0.1, 0.15) is 10.7 Å². The van der Waals surface area contributed by atoms with Crippen molar-refractivity contribution in [3.63, 3.8) is 0 Å². The Bertz CT molecular complexity index is 724. The number of nitrogens with zero attached hydrogens (tertiary/aromatic N) is 1. The Balaban J connectivity index is 2.56. The van der Waals surface area contributed by atoms with Gasteiger partial charge in [0, 0.05) is 34.3 Å². The van der Waals surface area contributed by atoms with E-state index in [2.05, 4.69) is 13.8 Å². The monoisotopic (exact) mass is 317 g/mol. The minimum absolute atomic E-state index is 0.0302. The van der Waals surface area contributed by atoms with E-state index in [4.69, 9.17) is 10.7 Å². The van der Waals surface area contributed by atoms with Gasteiger partial charge >= 0.3 is 0 Å². The SMILES string of the molecule is CCCC(C)Cn1cc(S(=O)(=O)Cl)c2cc(F)ccc21. The zero-order valence-electron chi connectivity index (χ0n) is 11.4. The van der Waals surface area contributed by atoms with Gasteiger partial charge < -0.3 is 4.57 Å². The van der Waals surface area contributed by atoms with Crippen LogP contribution in [0.15, 0.2) is 29.3 Å². The first-order valence-electron chi connectivity index (χ1n) is 6.56. The molecule has 0 radical (unpaired) electrons. The van der Waals surface area contributed by atoms with Crippen molar-refractivity contribution in [3.8, 4) is 0 Å². The fourth-order valence-corrected chi connectivity index (χ4v) is 3.55. The lowest BCUT2D eigenvalue weighted by molar-refractivity contribution is 0.452. The van der Waals surface area contributed by atoms with Crippen molar-refractivity contribution in [2.75, 3.05) is 0 Å². The van der Waals surface area contributed by atoms with Crippen molar-refractivity contribution in [1.82, 2.24) is 4.57 Å². The highest BCUT2D eigenvalue weighted by Crippen LogP contribution is 2.29. The van der Waals surface area contributed by atoms with E-state index < -0.39 is 14.9 Å². The largest absolute Gasteiger partial charge is 0.346 e. The fourth-order valence-electron chi connectivity index (χ4n) is 2.50. The lowest BCUT2D eigenvalue weighted by Crippen LogP contribution is -2.06. The maximum Gasteiger partial charge on any atom is 0.263 e. The Morgan fingerprint density at radius 2 is 2.10 bits per heavy atom. The van der Waals surface area contributed by atoms with E-state index in [0.29, 0.717) is 23.4 Å². The third-order valence-corrected chi connectivity index (χ3v) is 4.71. The number of fused-ring (bicyclic) bond motifs is 1. The molecular weight excluding hydrogens is 301 g/mol. The van der Waals surface area contributed by atoms with E-state index in [0.717, 1.165) is 12.8 Å². The average molecular weight is 318 g/mol. The summed E-state index contributed by atoms with van der Waals surface area (Å²) in [5.74, 6) is -0.0649. The summed E-state index contributed by atoms with van der Waals surface area (Å²) in [7, 11) is 1.55. The highest BCUT2D eigenvalue weighted by atomic mass is 35.7. The molecule has 110 valence electrons. The zero-order valence-corrected chi connectivity index (χ0v) is 13.0. The zero-order chi connectivity index (χ0) is 14.9. The minimum atomic E-state index is -3.89. The predicted molar refractivity (Wildman–Crippen MR) is 79.0 cm³/mol. The predicted octanol–water partition coefficient (Wildman–Crippen LogP) is 4.14. The van der Waals surface area contributed by atoms with Crippen LogP contribution in [0.4, 0.5) is 4.39 Å². The molecule has 0 fully saturated rings. The van der Waals surface area contributed by atoms with Gasteiger partial charge in [0.2, 0.25) is 0 Å². The van der Waals surface area contributed by atoms with Crippen molar-refractivity contribution in [3.05, 3.63) is 30.2 Å². The van der Waals surface area contributed by atoms with Gasteiger partial charge in [-0.25, -0.2) is 12.8 Å². The smallest absolute Gasteiger partial charge is 0.263 e. The van der Waals surface area contributed by atoms with Crippen molar-refractivity contribution in [2.24, 2.45) is 5.92 Å². The molecule has 0 saturated carbocycles. The van der Waals surface area contributed by atoms with Crippen molar-refractivity contribution >= 4 is 30.6 Å². The summed E-state index contributed by atoms with van der Waals surface area (Å²) in [5, 5.41) is 0.337. The number of benzene rings is 1. The molecule has 0 N–H and O–H groups in total. The first kappa shape index (κ1) is 15.3. The summed E-state index contributed by atoms with van der Waals surface area (Å²) < 4.78 is 38.4. The number of halogens is 2. The molecule has 6 heteroatoms. The highest BCUT2D eigenvalue weighted by molar-refractivity contribution is 8.14. The molecule has 0 aliphatic rings. The molecule has 2 rings (SSSR count). The van der Waals surface area contributed by atoms with Crippen molar-refractivity contribution in [2.45, 2.75) is 38.1 Å². The van der Waals surface area contributed by atoms with Gasteiger partial charge in [0.15, 0.2) is 0 Å². The third-order valence-electron chi connectivity index (χ3n) is 3.36. The molecule has 1 unspecified atom stereocenters. The maximum absolute atomic E-state index is 13.4.